The average Bonchev–Trinajstić information content (AvgIpc) is 2.84. The minimum Gasteiger partial charge on any atom is -0.383 e. The Morgan fingerprint density at radius 1 is 0.971 bits per heavy atom. The summed E-state index contributed by atoms with van der Waals surface area (Å²) in [7, 11) is -5.57. The molecule has 0 saturated carbocycles. The van der Waals surface area contributed by atoms with Gasteiger partial charge < -0.3 is 4.74 Å². The van der Waals surface area contributed by atoms with Crippen LogP contribution in [0.15, 0.2) is 70.6 Å². The molecule has 0 bridgehead atoms. The maximum absolute atomic E-state index is 13.8. The first-order valence-electron chi connectivity index (χ1n) is 11.6. The van der Waals surface area contributed by atoms with Crippen molar-refractivity contribution >= 4 is 30.8 Å². The number of fused-ring (bicyclic) bond motifs is 1. The standard InChI is InChI=1S/C25H31N3O5S2/c1-33-18-17-28(35(31,32)24-11-5-8-20-9-6-14-26-25(20)24)22-12-15-27(16-13-22)19-21-7-3-4-10-23(21)34(2,29)30/h3-11,14,22H,12-13,15-19H2,1-2H3. The molecule has 8 nitrogen and oxygen atoms in total. The topological polar surface area (TPSA) is 96.9 Å². The van der Waals surface area contributed by atoms with Gasteiger partial charge >= 0.3 is 0 Å². The molecule has 0 aliphatic carbocycles. The Balaban J connectivity index is 1.54. The molecule has 2 heterocycles. The van der Waals surface area contributed by atoms with Crippen LogP contribution in [0.4, 0.5) is 0 Å². The fourth-order valence-corrected chi connectivity index (χ4v) is 7.46. The number of ether oxygens (including phenoxy) is 1. The lowest BCUT2D eigenvalue weighted by Gasteiger charge is -2.38. The second-order valence-corrected chi connectivity index (χ2v) is 12.7. The van der Waals surface area contributed by atoms with E-state index in [1.807, 2.05) is 24.3 Å². The van der Waals surface area contributed by atoms with Gasteiger partial charge in [-0.3, -0.25) is 9.88 Å². The Morgan fingerprint density at radius 3 is 2.37 bits per heavy atom. The van der Waals surface area contributed by atoms with Crippen LogP contribution >= 0.6 is 0 Å². The number of likely N-dealkylation sites (tertiary alicyclic amines) is 1. The SMILES string of the molecule is COCCN(C1CCN(Cc2ccccc2S(C)(=O)=O)CC1)S(=O)(=O)c1cccc2cccnc12. The van der Waals surface area contributed by atoms with E-state index in [0.29, 0.717) is 49.5 Å². The normalized spacial score (nSPS) is 16.2. The zero-order valence-electron chi connectivity index (χ0n) is 20.0. The number of sulfone groups is 1. The lowest BCUT2D eigenvalue weighted by atomic mass is 10.0. The van der Waals surface area contributed by atoms with Crippen LogP contribution in [0.3, 0.4) is 0 Å². The molecule has 0 radical (unpaired) electrons. The number of hydrogen-bond donors (Lipinski definition) is 0. The molecule has 188 valence electrons. The van der Waals surface area contributed by atoms with Crippen LogP contribution < -0.4 is 0 Å². The summed E-state index contributed by atoms with van der Waals surface area (Å²) in [4.78, 5) is 7.08. The van der Waals surface area contributed by atoms with Crippen LogP contribution in [0.5, 0.6) is 0 Å². The Hall–Kier alpha value is -2.37. The van der Waals surface area contributed by atoms with Gasteiger partial charge in [0.1, 0.15) is 4.90 Å². The van der Waals surface area contributed by atoms with E-state index in [2.05, 4.69) is 9.88 Å². The number of rotatable bonds is 9. The highest BCUT2D eigenvalue weighted by atomic mass is 32.2. The van der Waals surface area contributed by atoms with Gasteiger partial charge in [-0.05, 0) is 36.6 Å². The van der Waals surface area contributed by atoms with Gasteiger partial charge in [0.2, 0.25) is 10.0 Å². The highest BCUT2D eigenvalue weighted by molar-refractivity contribution is 7.90. The molecule has 1 aliphatic rings. The monoisotopic (exact) mass is 517 g/mol. The number of hydrogen-bond acceptors (Lipinski definition) is 7. The van der Waals surface area contributed by atoms with Crippen molar-refractivity contribution in [3.05, 3.63) is 66.4 Å². The fraction of sp³-hybridized carbons (Fsp3) is 0.400. The third-order valence-corrected chi connectivity index (χ3v) is 9.61. The van der Waals surface area contributed by atoms with Gasteiger partial charge in [-0.2, -0.15) is 4.31 Å². The molecule has 0 atom stereocenters. The predicted octanol–water partition coefficient (Wildman–Crippen LogP) is 2.94. The number of piperidine rings is 1. The second-order valence-electron chi connectivity index (χ2n) is 8.83. The van der Waals surface area contributed by atoms with E-state index >= 15 is 0 Å². The second kappa shape index (κ2) is 10.7. The molecule has 0 N–H and O–H groups in total. The summed E-state index contributed by atoms with van der Waals surface area (Å²) in [6.45, 7) is 2.38. The molecular weight excluding hydrogens is 486 g/mol. The van der Waals surface area contributed by atoms with Crippen LogP contribution in [0.2, 0.25) is 0 Å². The third-order valence-electron chi connectivity index (χ3n) is 6.43. The zero-order chi connectivity index (χ0) is 25.1. The maximum atomic E-state index is 13.8. The minimum atomic E-state index is -3.81. The van der Waals surface area contributed by atoms with Gasteiger partial charge in [-0.1, -0.05) is 36.4 Å². The van der Waals surface area contributed by atoms with E-state index in [1.165, 1.54) is 6.26 Å². The molecule has 1 aromatic heterocycles. The number of nitrogens with zero attached hydrogens (tertiary/aromatic N) is 3. The summed E-state index contributed by atoms with van der Waals surface area (Å²) in [5.41, 5.74) is 1.23. The number of sulfonamides is 1. The van der Waals surface area contributed by atoms with E-state index in [4.69, 9.17) is 4.74 Å². The average molecular weight is 518 g/mol. The highest BCUT2D eigenvalue weighted by Crippen LogP contribution is 2.29. The third kappa shape index (κ3) is 5.73. The summed E-state index contributed by atoms with van der Waals surface area (Å²) in [5, 5.41) is 0.777. The lowest BCUT2D eigenvalue weighted by Crippen LogP contribution is -2.48. The minimum absolute atomic E-state index is 0.185. The van der Waals surface area contributed by atoms with Crippen molar-refractivity contribution < 1.29 is 21.6 Å². The Labute approximate surface area is 207 Å². The van der Waals surface area contributed by atoms with Crippen molar-refractivity contribution in [2.75, 3.05) is 39.6 Å². The maximum Gasteiger partial charge on any atom is 0.245 e. The first-order valence-corrected chi connectivity index (χ1v) is 14.9. The lowest BCUT2D eigenvalue weighted by molar-refractivity contribution is 0.124. The smallest absolute Gasteiger partial charge is 0.245 e. The van der Waals surface area contributed by atoms with E-state index in [-0.39, 0.29) is 17.5 Å². The van der Waals surface area contributed by atoms with Crippen LogP contribution in [-0.4, -0.2) is 76.7 Å². The van der Waals surface area contributed by atoms with Gasteiger partial charge in [0.05, 0.1) is 17.0 Å². The summed E-state index contributed by atoms with van der Waals surface area (Å²) in [6, 6.07) is 15.7. The molecule has 4 rings (SSSR count). The van der Waals surface area contributed by atoms with Crippen LogP contribution in [-0.2, 0) is 31.1 Å². The Kier molecular flexibility index (Phi) is 7.87. The molecule has 1 aliphatic heterocycles. The summed E-state index contributed by atoms with van der Waals surface area (Å²) in [5.74, 6) is 0. The van der Waals surface area contributed by atoms with Crippen molar-refractivity contribution in [2.24, 2.45) is 0 Å². The van der Waals surface area contributed by atoms with Crippen molar-refractivity contribution in [1.82, 2.24) is 14.2 Å². The van der Waals surface area contributed by atoms with Crippen LogP contribution in [0, 0.1) is 0 Å². The fourth-order valence-electron chi connectivity index (χ4n) is 4.69. The van der Waals surface area contributed by atoms with Gasteiger partial charge in [0, 0.05) is 57.2 Å². The first kappa shape index (κ1) is 25.7. The number of methoxy groups -OCH3 is 1. The Morgan fingerprint density at radius 2 is 1.66 bits per heavy atom. The van der Waals surface area contributed by atoms with Crippen LogP contribution in [0.25, 0.3) is 10.9 Å². The zero-order valence-corrected chi connectivity index (χ0v) is 21.6. The van der Waals surface area contributed by atoms with Crippen molar-refractivity contribution in [3.63, 3.8) is 0 Å². The van der Waals surface area contributed by atoms with Gasteiger partial charge in [-0.15, -0.1) is 0 Å². The molecule has 1 saturated heterocycles. The number of benzene rings is 2. The van der Waals surface area contributed by atoms with Gasteiger partial charge in [-0.25, -0.2) is 16.8 Å². The van der Waals surface area contributed by atoms with Gasteiger partial charge in [0.15, 0.2) is 9.84 Å². The van der Waals surface area contributed by atoms with Crippen molar-refractivity contribution in [2.45, 2.75) is 35.2 Å². The number of aromatic nitrogens is 1. The Bertz CT molecular complexity index is 1380. The summed E-state index contributed by atoms with van der Waals surface area (Å²) in [6.07, 6.45) is 4.11. The largest absolute Gasteiger partial charge is 0.383 e. The quantitative estimate of drug-likeness (QED) is 0.431. The molecule has 3 aromatic rings. The molecule has 10 heteroatoms. The molecule has 0 amide bonds. The van der Waals surface area contributed by atoms with E-state index in [1.54, 1.807) is 47.9 Å². The number of pyridine rings is 1. The first-order chi connectivity index (χ1) is 16.7. The molecule has 35 heavy (non-hydrogen) atoms. The van der Waals surface area contributed by atoms with Crippen molar-refractivity contribution in [1.29, 1.82) is 0 Å². The summed E-state index contributed by atoms with van der Waals surface area (Å²) < 4.78 is 58.8. The van der Waals surface area contributed by atoms with Crippen molar-refractivity contribution in [3.8, 4) is 0 Å². The van der Waals surface area contributed by atoms with E-state index < -0.39 is 19.9 Å². The summed E-state index contributed by atoms with van der Waals surface area (Å²) >= 11 is 0. The van der Waals surface area contributed by atoms with Gasteiger partial charge in [0.25, 0.3) is 0 Å². The predicted molar refractivity (Wildman–Crippen MR) is 135 cm³/mol. The molecule has 1 fully saturated rings. The van der Waals surface area contributed by atoms with E-state index in [9.17, 15) is 16.8 Å². The molecule has 0 unspecified atom stereocenters. The number of para-hydroxylation sites is 1. The van der Waals surface area contributed by atoms with Crippen LogP contribution in [0.1, 0.15) is 18.4 Å². The van der Waals surface area contributed by atoms with E-state index in [0.717, 1.165) is 10.9 Å². The molecule has 0 spiro atoms. The highest BCUT2D eigenvalue weighted by Gasteiger charge is 2.35. The molecule has 2 aromatic carbocycles. The molecular formula is C25H31N3O5S2.